The van der Waals surface area contributed by atoms with Crippen LogP contribution in [0.2, 0.25) is 5.02 Å². The zero-order valence-corrected chi connectivity index (χ0v) is 8.23. The highest BCUT2D eigenvalue weighted by molar-refractivity contribution is 6.31. The monoisotopic (exact) mass is 187 g/mol. The molecule has 0 unspecified atom stereocenters. The lowest BCUT2D eigenvalue weighted by molar-refractivity contribution is 0.620. The van der Waals surface area contributed by atoms with Gasteiger partial charge in [0.05, 0.1) is 16.9 Å². The Bertz CT molecular complexity index is 225. The first-order valence-electron chi connectivity index (χ1n) is 4.12. The van der Waals surface area contributed by atoms with E-state index in [1.165, 1.54) is 0 Å². The lowest BCUT2D eigenvalue weighted by Gasteiger charge is -2.03. The molecule has 0 atom stereocenters. The molecule has 0 radical (unpaired) electrons. The van der Waals surface area contributed by atoms with Crippen LogP contribution in [0.25, 0.3) is 0 Å². The Balaban J connectivity index is 2.50. The molecule has 0 bridgehead atoms. The first-order chi connectivity index (χ1) is 5.75. The van der Waals surface area contributed by atoms with Gasteiger partial charge in [-0.15, -0.1) is 0 Å². The van der Waals surface area contributed by atoms with Crippen molar-refractivity contribution in [2.75, 3.05) is 6.54 Å². The highest BCUT2D eigenvalue weighted by atomic mass is 35.5. The second-order valence-corrected chi connectivity index (χ2v) is 3.15. The van der Waals surface area contributed by atoms with Crippen molar-refractivity contribution in [3.05, 3.63) is 16.9 Å². The Hall–Kier alpha value is -0.540. The minimum Gasteiger partial charge on any atom is -0.311 e. The lowest BCUT2D eigenvalue weighted by Crippen LogP contribution is -2.16. The Morgan fingerprint density at radius 3 is 2.92 bits per heavy atom. The summed E-state index contributed by atoms with van der Waals surface area (Å²) in [6.07, 6.45) is 2.81. The average molecular weight is 188 g/mol. The minimum atomic E-state index is 0.737. The maximum atomic E-state index is 5.90. The molecule has 0 spiro atoms. The summed E-state index contributed by atoms with van der Waals surface area (Å²) < 4.78 is 1.80. The van der Waals surface area contributed by atoms with Gasteiger partial charge < -0.3 is 5.32 Å². The van der Waals surface area contributed by atoms with E-state index in [0.717, 1.165) is 30.2 Å². The summed E-state index contributed by atoms with van der Waals surface area (Å²) >= 11 is 5.90. The van der Waals surface area contributed by atoms with Gasteiger partial charge in [-0.3, -0.25) is 4.68 Å². The fourth-order valence-electron chi connectivity index (χ4n) is 1.02. The number of aromatic nitrogens is 2. The first kappa shape index (κ1) is 9.55. The number of halogens is 1. The van der Waals surface area contributed by atoms with Crippen molar-refractivity contribution in [3.8, 4) is 0 Å². The molecule has 0 aliphatic carbocycles. The van der Waals surface area contributed by atoms with E-state index in [1.54, 1.807) is 10.9 Å². The fourth-order valence-corrected chi connectivity index (χ4v) is 1.25. The molecule has 12 heavy (non-hydrogen) atoms. The molecule has 68 valence electrons. The molecule has 0 aliphatic heterocycles. The zero-order valence-electron chi connectivity index (χ0n) is 7.47. The Kier molecular flexibility index (Phi) is 3.56. The molecule has 0 fully saturated rings. The average Bonchev–Trinajstić information content (AvgIpc) is 2.35. The number of aryl methyl sites for hydroxylation is 1. The third-order valence-corrected chi connectivity index (χ3v) is 2.05. The van der Waals surface area contributed by atoms with Crippen LogP contribution in [0.3, 0.4) is 0 Å². The molecule has 0 aromatic carbocycles. The molecule has 4 heteroatoms. The van der Waals surface area contributed by atoms with E-state index < -0.39 is 0 Å². The number of rotatable bonds is 4. The van der Waals surface area contributed by atoms with Crippen molar-refractivity contribution in [3.63, 3.8) is 0 Å². The van der Waals surface area contributed by atoms with Gasteiger partial charge in [0.15, 0.2) is 0 Å². The summed E-state index contributed by atoms with van der Waals surface area (Å²) in [6, 6.07) is 0. The van der Waals surface area contributed by atoms with Crippen LogP contribution in [0, 0.1) is 0 Å². The van der Waals surface area contributed by atoms with Crippen molar-refractivity contribution in [2.45, 2.75) is 19.9 Å². The summed E-state index contributed by atoms with van der Waals surface area (Å²) in [6.45, 7) is 3.95. The van der Waals surface area contributed by atoms with E-state index in [2.05, 4.69) is 17.3 Å². The zero-order chi connectivity index (χ0) is 8.97. The predicted molar refractivity (Wildman–Crippen MR) is 50.2 cm³/mol. The van der Waals surface area contributed by atoms with Crippen LogP contribution in [0.4, 0.5) is 0 Å². The topological polar surface area (TPSA) is 29.9 Å². The van der Waals surface area contributed by atoms with Gasteiger partial charge in [0, 0.05) is 13.6 Å². The maximum absolute atomic E-state index is 5.90. The molecule has 1 aromatic rings. The smallest absolute Gasteiger partial charge is 0.0831 e. The van der Waals surface area contributed by atoms with Gasteiger partial charge in [-0.25, -0.2) is 0 Å². The van der Waals surface area contributed by atoms with Crippen LogP contribution in [0.1, 0.15) is 19.0 Å². The van der Waals surface area contributed by atoms with Gasteiger partial charge >= 0.3 is 0 Å². The summed E-state index contributed by atoms with van der Waals surface area (Å²) in [5, 5.41) is 8.05. The molecule has 0 saturated carbocycles. The third-order valence-electron chi connectivity index (χ3n) is 1.73. The molecule has 1 N–H and O–H groups in total. The fraction of sp³-hybridized carbons (Fsp3) is 0.625. The molecule has 0 aliphatic rings. The van der Waals surface area contributed by atoms with Gasteiger partial charge in [0.2, 0.25) is 0 Å². The number of hydrogen-bond donors (Lipinski definition) is 1. The quantitative estimate of drug-likeness (QED) is 0.726. The van der Waals surface area contributed by atoms with Crippen molar-refractivity contribution in [1.82, 2.24) is 15.1 Å². The van der Waals surface area contributed by atoms with E-state index in [-0.39, 0.29) is 0 Å². The Morgan fingerprint density at radius 1 is 1.67 bits per heavy atom. The Morgan fingerprint density at radius 2 is 2.42 bits per heavy atom. The molecule has 0 amide bonds. The molecule has 0 saturated heterocycles. The normalized spacial score (nSPS) is 10.6. The van der Waals surface area contributed by atoms with Crippen LogP contribution in [0.5, 0.6) is 0 Å². The molecular weight excluding hydrogens is 174 g/mol. The highest BCUT2D eigenvalue weighted by Gasteiger charge is 2.04. The highest BCUT2D eigenvalue weighted by Crippen LogP contribution is 2.12. The Labute approximate surface area is 77.7 Å². The minimum absolute atomic E-state index is 0.737. The molecule has 1 heterocycles. The second kappa shape index (κ2) is 4.48. The summed E-state index contributed by atoms with van der Waals surface area (Å²) in [4.78, 5) is 0. The van der Waals surface area contributed by atoms with Crippen LogP contribution < -0.4 is 5.32 Å². The van der Waals surface area contributed by atoms with Crippen molar-refractivity contribution >= 4 is 11.6 Å². The van der Waals surface area contributed by atoms with Crippen molar-refractivity contribution in [1.29, 1.82) is 0 Å². The largest absolute Gasteiger partial charge is 0.311 e. The van der Waals surface area contributed by atoms with Crippen LogP contribution >= 0.6 is 11.6 Å². The third kappa shape index (κ3) is 2.22. The maximum Gasteiger partial charge on any atom is 0.0831 e. The van der Waals surface area contributed by atoms with Crippen molar-refractivity contribution in [2.24, 2.45) is 7.05 Å². The summed E-state index contributed by atoms with van der Waals surface area (Å²) in [7, 11) is 1.90. The SMILES string of the molecule is CCCNCc1c(Cl)cnn1C. The lowest BCUT2D eigenvalue weighted by atomic mass is 10.4. The van der Waals surface area contributed by atoms with Gasteiger partial charge in [-0.05, 0) is 13.0 Å². The first-order valence-corrected chi connectivity index (χ1v) is 4.50. The number of nitrogens with zero attached hydrogens (tertiary/aromatic N) is 2. The molecule has 1 rings (SSSR count). The van der Waals surface area contributed by atoms with E-state index in [1.807, 2.05) is 7.05 Å². The van der Waals surface area contributed by atoms with Gasteiger partial charge in [-0.2, -0.15) is 5.10 Å². The van der Waals surface area contributed by atoms with Crippen LogP contribution in [0.15, 0.2) is 6.20 Å². The molecule has 3 nitrogen and oxygen atoms in total. The summed E-state index contributed by atoms with van der Waals surface area (Å²) in [5.74, 6) is 0. The standard InChI is InChI=1S/C8H14ClN3/c1-3-4-10-6-8-7(9)5-11-12(8)2/h5,10H,3-4,6H2,1-2H3. The van der Waals surface area contributed by atoms with E-state index in [9.17, 15) is 0 Å². The van der Waals surface area contributed by atoms with Gasteiger partial charge in [0.25, 0.3) is 0 Å². The van der Waals surface area contributed by atoms with Gasteiger partial charge in [0.1, 0.15) is 0 Å². The number of hydrogen-bond acceptors (Lipinski definition) is 2. The molecular formula is C8H14ClN3. The van der Waals surface area contributed by atoms with Crippen molar-refractivity contribution < 1.29 is 0 Å². The van der Waals surface area contributed by atoms with Gasteiger partial charge in [-0.1, -0.05) is 18.5 Å². The predicted octanol–water partition coefficient (Wildman–Crippen LogP) is 1.57. The van der Waals surface area contributed by atoms with Crippen LogP contribution in [-0.4, -0.2) is 16.3 Å². The van der Waals surface area contributed by atoms with Crippen LogP contribution in [-0.2, 0) is 13.6 Å². The summed E-state index contributed by atoms with van der Waals surface area (Å²) in [5.41, 5.74) is 1.05. The van der Waals surface area contributed by atoms with E-state index in [0.29, 0.717) is 0 Å². The van der Waals surface area contributed by atoms with E-state index >= 15 is 0 Å². The molecule has 1 aromatic heterocycles. The number of nitrogens with one attached hydrogen (secondary N) is 1. The van der Waals surface area contributed by atoms with E-state index in [4.69, 9.17) is 11.6 Å². The second-order valence-electron chi connectivity index (χ2n) is 2.74.